The molecule has 0 heterocycles. The van der Waals surface area contributed by atoms with Gasteiger partial charge in [0.05, 0.1) is 10.8 Å². The Bertz CT molecular complexity index is 422. The lowest BCUT2D eigenvalue weighted by atomic mass is 10.3. The van der Waals surface area contributed by atoms with E-state index in [4.69, 9.17) is 17.3 Å². The maximum Gasteiger partial charge on any atom is 0.295 e. The number of benzene rings is 1. The molecule has 0 saturated heterocycles. The average molecular weight is 340 g/mol. The van der Waals surface area contributed by atoms with Crippen molar-refractivity contribution in [1.82, 2.24) is 0 Å². The topological polar surface area (TPSA) is 81.5 Å². The van der Waals surface area contributed by atoms with Gasteiger partial charge in [-0.3, -0.25) is 10.1 Å². The van der Waals surface area contributed by atoms with Crippen LogP contribution in [0.4, 0.5) is 11.4 Å². The zero-order valence-corrected chi connectivity index (χ0v) is 10.4. The molecule has 1 aromatic rings. The highest BCUT2D eigenvalue weighted by Gasteiger charge is 2.13. The van der Waals surface area contributed by atoms with Crippen molar-refractivity contribution in [1.29, 1.82) is 0 Å². The third-order valence-corrected chi connectivity index (χ3v) is 2.48. The van der Waals surface area contributed by atoms with Crippen LogP contribution in [0.25, 0.3) is 0 Å². The number of aliphatic imine (C=N–C) groups is 1. The first-order valence-corrected chi connectivity index (χ1v) is 5.49. The number of nitrogens with zero attached hydrogens (tertiary/aromatic N) is 2. The molecule has 0 aromatic heterocycles. The predicted molar refractivity (Wildman–Crippen MR) is 67.8 cm³/mol. The van der Waals surface area contributed by atoms with Crippen LogP contribution in [0.5, 0.6) is 0 Å². The summed E-state index contributed by atoms with van der Waals surface area (Å²) in [5.41, 5.74) is 5.55. The van der Waals surface area contributed by atoms with Crippen molar-refractivity contribution < 1.29 is 4.92 Å². The van der Waals surface area contributed by atoms with Crippen LogP contribution < -0.4 is 5.73 Å². The molecule has 80 valence electrons. The number of alkyl halides is 1. The van der Waals surface area contributed by atoms with E-state index in [2.05, 4.69) is 4.99 Å². The van der Waals surface area contributed by atoms with Crippen LogP contribution in [0.3, 0.4) is 0 Å². The number of nitrogens with two attached hydrogens (primary N) is 1. The number of nitro groups is 1. The van der Waals surface area contributed by atoms with E-state index in [1.165, 1.54) is 6.07 Å². The molecular formula is C8H7ClIN3O2. The molecule has 0 amide bonds. The summed E-state index contributed by atoms with van der Waals surface area (Å²) in [5, 5.41) is 10.7. The van der Waals surface area contributed by atoms with Crippen molar-refractivity contribution in [3.05, 3.63) is 31.9 Å². The standard InChI is InChI=1S/C8H7ClIN3O2/c9-4-8(11)12-6-2-1-5(10)3-7(6)13(14)15/h1-3H,4H2,(H2,11,12). The van der Waals surface area contributed by atoms with Gasteiger partial charge in [0.2, 0.25) is 0 Å². The lowest BCUT2D eigenvalue weighted by Gasteiger charge is -1.99. The molecule has 1 rings (SSSR count). The van der Waals surface area contributed by atoms with Gasteiger partial charge >= 0.3 is 0 Å². The maximum absolute atomic E-state index is 10.7. The first-order valence-electron chi connectivity index (χ1n) is 3.87. The molecule has 7 heteroatoms. The first-order chi connectivity index (χ1) is 7.04. The minimum atomic E-state index is -0.498. The maximum atomic E-state index is 10.7. The molecule has 0 unspecified atom stereocenters. The fourth-order valence-electron chi connectivity index (χ4n) is 0.922. The number of nitro benzene ring substituents is 1. The number of amidine groups is 1. The molecule has 0 atom stereocenters. The molecule has 0 aliphatic heterocycles. The van der Waals surface area contributed by atoms with E-state index < -0.39 is 4.92 Å². The molecule has 0 saturated carbocycles. The van der Waals surface area contributed by atoms with E-state index in [0.717, 1.165) is 3.57 Å². The van der Waals surface area contributed by atoms with Gasteiger partial charge in [-0.25, -0.2) is 4.99 Å². The van der Waals surface area contributed by atoms with E-state index in [1.807, 2.05) is 22.6 Å². The fourth-order valence-corrected chi connectivity index (χ4v) is 1.46. The summed E-state index contributed by atoms with van der Waals surface area (Å²) in [6.07, 6.45) is 0. The smallest absolute Gasteiger partial charge is 0.295 e. The summed E-state index contributed by atoms with van der Waals surface area (Å²) in [7, 11) is 0. The number of halogens is 2. The van der Waals surface area contributed by atoms with Gasteiger partial charge in [-0.1, -0.05) is 0 Å². The molecule has 15 heavy (non-hydrogen) atoms. The minimum Gasteiger partial charge on any atom is -0.386 e. The molecule has 5 nitrogen and oxygen atoms in total. The van der Waals surface area contributed by atoms with Crippen molar-refractivity contribution in [3.63, 3.8) is 0 Å². The summed E-state index contributed by atoms with van der Waals surface area (Å²) >= 11 is 7.43. The largest absolute Gasteiger partial charge is 0.386 e. The van der Waals surface area contributed by atoms with E-state index in [9.17, 15) is 10.1 Å². The first kappa shape index (κ1) is 12.2. The number of rotatable bonds is 3. The van der Waals surface area contributed by atoms with Crippen molar-refractivity contribution in [2.45, 2.75) is 0 Å². The van der Waals surface area contributed by atoms with Crippen molar-refractivity contribution in [2.75, 3.05) is 5.88 Å². The van der Waals surface area contributed by atoms with E-state index in [1.54, 1.807) is 12.1 Å². The van der Waals surface area contributed by atoms with Crippen LogP contribution in [0.15, 0.2) is 23.2 Å². The molecule has 0 aliphatic rings. The summed E-state index contributed by atoms with van der Waals surface area (Å²) in [4.78, 5) is 14.1. The SMILES string of the molecule is NC(CCl)=Nc1ccc(I)cc1[N+](=O)[O-]. The van der Waals surface area contributed by atoms with Gasteiger partial charge in [-0.15, -0.1) is 11.6 Å². The van der Waals surface area contributed by atoms with Gasteiger partial charge in [0, 0.05) is 9.64 Å². The van der Waals surface area contributed by atoms with Crippen molar-refractivity contribution in [3.8, 4) is 0 Å². The summed E-state index contributed by atoms with van der Waals surface area (Å²) in [6.45, 7) is 0. The normalized spacial score (nSPS) is 11.5. The molecule has 0 fully saturated rings. The minimum absolute atomic E-state index is 0.0448. The third-order valence-electron chi connectivity index (χ3n) is 1.54. The lowest BCUT2D eigenvalue weighted by Crippen LogP contribution is -2.12. The molecular weight excluding hydrogens is 332 g/mol. The Labute approximate surface area is 105 Å². The highest BCUT2D eigenvalue weighted by atomic mass is 127. The van der Waals surface area contributed by atoms with Crippen LogP contribution in [0.2, 0.25) is 0 Å². The molecule has 0 bridgehead atoms. The van der Waals surface area contributed by atoms with Gasteiger partial charge in [0.25, 0.3) is 5.69 Å². The zero-order chi connectivity index (χ0) is 11.4. The van der Waals surface area contributed by atoms with Crippen LogP contribution in [0.1, 0.15) is 0 Å². The Kier molecular flexibility index (Phi) is 4.28. The molecule has 1 aromatic carbocycles. The summed E-state index contributed by atoms with van der Waals surface area (Å²) in [6, 6.07) is 4.69. The predicted octanol–water partition coefficient (Wildman–Crippen LogP) is 2.43. The Balaban J connectivity index is 3.23. The van der Waals surface area contributed by atoms with Gasteiger partial charge in [-0.05, 0) is 34.7 Å². The van der Waals surface area contributed by atoms with Gasteiger partial charge < -0.3 is 5.73 Å². The quantitative estimate of drug-likeness (QED) is 0.229. The average Bonchev–Trinajstić information content (AvgIpc) is 2.20. The molecule has 0 aliphatic carbocycles. The van der Waals surface area contributed by atoms with Gasteiger partial charge in [0.1, 0.15) is 11.5 Å². The second-order valence-electron chi connectivity index (χ2n) is 2.63. The highest BCUT2D eigenvalue weighted by molar-refractivity contribution is 14.1. The van der Waals surface area contributed by atoms with Crippen LogP contribution in [0, 0.1) is 13.7 Å². The van der Waals surface area contributed by atoms with Crippen LogP contribution >= 0.6 is 34.2 Å². The van der Waals surface area contributed by atoms with Gasteiger partial charge in [0.15, 0.2) is 0 Å². The van der Waals surface area contributed by atoms with Crippen LogP contribution in [-0.4, -0.2) is 16.6 Å². The summed E-state index contributed by atoms with van der Waals surface area (Å²) in [5.74, 6) is 0.198. The molecule has 2 N–H and O–H groups in total. The number of hydrogen-bond donors (Lipinski definition) is 1. The zero-order valence-electron chi connectivity index (χ0n) is 7.48. The second-order valence-corrected chi connectivity index (χ2v) is 4.14. The summed E-state index contributed by atoms with van der Waals surface area (Å²) < 4.78 is 0.766. The Morgan fingerprint density at radius 3 is 2.87 bits per heavy atom. The van der Waals surface area contributed by atoms with E-state index in [0.29, 0.717) is 0 Å². The number of hydrogen-bond acceptors (Lipinski definition) is 3. The Morgan fingerprint density at radius 2 is 2.33 bits per heavy atom. The Morgan fingerprint density at radius 1 is 1.67 bits per heavy atom. The lowest BCUT2D eigenvalue weighted by molar-refractivity contribution is -0.384. The van der Waals surface area contributed by atoms with Crippen LogP contribution in [-0.2, 0) is 0 Å². The van der Waals surface area contributed by atoms with Crippen molar-refractivity contribution >= 4 is 51.4 Å². The van der Waals surface area contributed by atoms with Crippen molar-refractivity contribution in [2.24, 2.45) is 10.7 Å². The fraction of sp³-hybridized carbons (Fsp3) is 0.125. The van der Waals surface area contributed by atoms with E-state index in [-0.39, 0.29) is 23.1 Å². The Hall–Kier alpha value is -0.890. The van der Waals surface area contributed by atoms with Gasteiger partial charge in [-0.2, -0.15) is 0 Å². The molecule has 0 radical (unpaired) electrons. The highest BCUT2D eigenvalue weighted by Crippen LogP contribution is 2.28. The third kappa shape index (κ3) is 3.31. The second kappa shape index (κ2) is 5.26. The molecule has 0 spiro atoms. The van der Waals surface area contributed by atoms with E-state index >= 15 is 0 Å². The monoisotopic (exact) mass is 339 g/mol.